The van der Waals surface area contributed by atoms with Crippen LogP contribution in [0.3, 0.4) is 0 Å². The van der Waals surface area contributed by atoms with E-state index in [-0.39, 0.29) is 42.4 Å². The van der Waals surface area contributed by atoms with Crippen molar-refractivity contribution >= 4 is 11.9 Å². The summed E-state index contributed by atoms with van der Waals surface area (Å²) < 4.78 is 5.01. The predicted molar refractivity (Wildman–Crippen MR) is 80.3 cm³/mol. The van der Waals surface area contributed by atoms with E-state index < -0.39 is 18.0 Å². The smallest absolute Gasteiger partial charge is 0.550 e. The molecule has 0 rings (SSSR count). The SMILES string of the molecule is C=CCCCCCCCCCOC(=O)C(N)CCC(=O)[O-].[Na+]. The molecule has 0 bridgehead atoms. The van der Waals surface area contributed by atoms with Crippen LogP contribution < -0.4 is 40.4 Å². The maximum Gasteiger partial charge on any atom is 1.00 e. The summed E-state index contributed by atoms with van der Waals surface area (Å²) in [6.07, 6.45) is 10.8. The molecule has 0 aromatic heterocycles. The van der Waals surface area contributed by atoms with E-state index in [0.29, 0.717) is 6.61 Å². The van der Waals surface area contributed by atoms with Crippen molar-refractivity contribution in [3.63, 3.8) is 0 Å². The number of rotatable bonds is 14. The number of hydrogen-bond acceptors (Lipinski definition) is 5. The summed E-state index contributed by atoms with van der Waals surface area (Å²) in [5, 5.41) is 10.2. The van der Waals surface area contributed by atoms with Gasteiger partial charge in [-0.1, -0.05) is 38.2 Å². The summed E-state index contributed by atoms with van der Waals surface area (Å²) in [4.78, 5) is 21.7. The van der Waals surface area contributed by atoms with E-state index in [1.165, 1.54) is 25.7 Å². The summed E-state index contributed by atoms with van der Waals surface area (Å²) in [7, 11) is 0. The monoisotopic (exact) mass is 321 g/mol. The van der Waals surface area contributed by atoms with Gasteiger partial charge in [0.25, 0.3) is 0 Å². The summed E-state index contributed by atoms with van der Waals surface area (Å²) >= 11 is 0. The number of hydrogen-bond donors (Lipinski definition) is 1. The Bertz CT molecular complexity index is 311. The third kappa shape index (κ3) is 16.0. The fourth-order valence-corrected chi connectivity index (χ4v) is 1.95. The topological polar surface area (TPSA) is 92.5 Å². The molecule has 0 aliphatic carbocycles. The standard InChI is InChI=1S/C16H29NO4.Na/c1-2-3-4-5-6-7-8-9-10-13-21-16(20)14(17)11-12-15(18)19;/h2,14H,1,3-13,17H2,(H,18,19);/q;+1/p-1. The third-order valence-corrected chi connectivity index (χ3v) is 3.26. The molecule has 0 radical (unpaired) electrons. The Kier molecular flexibility index (Phi) is 18.5. The molecule has 0 aliphatic heterocycles. The quantitative estimate of drug-likeness (QED) is 0.186. The molecule has 22 heavy (non-hydrogen) atoms. The molecule has 0 saturated carbocycles. The molecule has 0 aromatic carbocycles. The van der Waals surface area contributed by atoms with Gasteiger partial charge in [0, 0.05) is 5.97 Å². The number of aliphatic carboxylic acids is 1. The van der Waals surface area contributed by atoms with Crippen molar-refractivity contribution in [2.75, 3.05) is 6.61 Å². The van der Waals surface area contributed by atoms with Gasteiger partial charge in [-0.25, -0.2) is 0 Å². The van der Waals surface area contributed by atoms with Crippen molar-refractivity contribution in [3.8, 4) is 0 Å². The van der Waals surface area contributed by atoms with Crippen LogP contribution in [-0.2, 0) is 14.3 Å². The average Bonchev–Trinajstić information content (AvgIpc) is 2.46. The Balaban J connectivity index is 0. The van der Waals surface area contributed by atoms with Crippen LogP contribution in [0.2, 0.25) is 0 Å². The van der Waals surface area contributed by atoms with Crippen LogP contribution >= 0.6 is 0 Å². The number of carboxylic acids is 1. The van der Waals surface area contributed by atoms with E-state index in [1.807, 2.05) is 6.08 Å². The van der Waals surface area contributed by atoms with E-state index >= 15 is 0 Å². The molecule has 122 valence electrons. The molecule has 0 fully saturated rings. The van der Waals surface area contributed by atoms with Crippen LogP contribution in [0.4, 0.5) is 0 Å². The Morgan fingerprint density at radius 3 is 2.18 bits per heavy atom. The number of carbonyl (C=O) groups is 2. The number of carbonyl (C=O) groups excluding carboxylic acids is 2. The maximum atomic E-state index is 11.4. The molecule has 5 nitrogen and oxygen atoms in total. The van der Waals surface area contributed by atoms with Crippen molar-refractivity contribution in [3.05, 3.63) is 12.7 Å². The number of carboxylic acid groups (broad SMARTS) is 1. The van der Waals surface area contributed by atoms with Crippen molar-refractivity contribution in [1.82, 2.24) is 0 Å². The van der Waals surface area contributed by atoms with Crippen LogP contribution in [0, 0.1) is 0 Å². The summed E-state index contributed by atoms with van der Waals surface area (Å²) in [6.45, 7) is 4.05. The van der Waals surface area contributed by atoms with Crippen molar-refractivity contribution in [1.29, 1.82) is 0 Å². The normalized spacial score (nSPS) is 11.3. The van der Waals surface area contributed by atoms with E-state index in [4.69, 9.17) is 10.5 Å². The molecular weight excluding hydrogens is 293 g/mol. The van der Waals surface area contributed by atoms with E-state index in [0.717, 1.165) is 25.7 Å². The first kappa shape index (κ1) is 23.9. The first-order valence-electron chi connectivity index (χ1n) is 7.81. The Morgan fingerprint density at radius 2 is 1.64 bits per heavy atom. The van der Waals surface area contributed by atoms with Gasteiger partial charge in [0.05, 0.1) is 6.61 Å². The van der Waals surface area contributed by atoms with Gasteiger partial charge < -0.3 is 20.4 Å². The fraction of sp³-hybridized carbons (Fsp3) is 0.750. The molecule has 2 N–H and O–H groups in total. The largest absolute Gasteiger partial charge is 1.00 e. The first-order chi connectivity index (χ1) is 10.1. The number of esters is 1. The molecule has 0 aliphatic rings. The molecule has 1 unspecified atom stereocenters. The fourth-order valence-electron chi connectivity index (χ4n) is 1.95. The number of nitrogens with two attached hydrogens (primary N) is 1. The zero-order valence-electron chi connectivity index (χ0n) is 13.9. The maximum absolute atomic E-state index is 11.4. The molecule has 0 spiro atoms. The second-order valence-corrected chi connectivity index (χ2v) is 5.24. The van der Waals surface area contributed by atoms with Gasteiger partial charge in [-0.05, 0) is 32.1 Å². The molecule has 0 saturated heterocycles. The minimum atomic E-state index is -1.20. The van der Waals surface area contributed by atoms with Gasteiger partial charge in [0.15, 0.2) is 0 Å². The van der Waals surface area contributed by atoms with Gasteiger partial charge in [-0.3, -0.25) is 4.79 Å². The second kappa shape index (κ2) is 17.0. The van der Waals surface area contributed by atoms with Crippen LogP contribution in [0.5, 0.6) is 0 Å². The van der Waals surface area contributed by atoms with E-state index in [1.54, 1.807) is 0 Å². The summed E-state index contributed by atoms with van der Waals surface area (Å²) in [5.41, 5.74) is 5.51. The third-order valence-electron chi connectivity index (χ3n) is 3.26. The van der Waals surface area contributed by atoms with Crippen molar-refractivity contribution in [2.24, 2.45) is 5.73 Å². The molecule has 6 heteroatoms. The van der Waals surface area contributed by atoms with Gasteiger partial charge in [-0.15, -0.1) is 6.58 Å². The molecule has 0 aromatic rings. The van der Waals surface area contributed by atoms with Crippen molar-refractivity contribution in [2.45, 2.75) is 70.3 Å². The Hall–Kier alpha value is -0.360. The van der Waals surface area contributed by atoms with Gasteiger partial charge in [-0.2, -0.15) is 0 Å². The number of allylic oxidation sites excluding steroid dienone is 1. The van der Waals surface area contributed by atoms with Crippen molar-refractivity contribution < 1.29 is 49.0 Å². The average molecular weight is 321 g/mol. The summed E-state index contributed by atoms with van der Waals surface area (Å²) in [5.74, 6) is -1.73. The molecule has 0 amide bonds. The molecule has 1 atom stereocenters. The summed E-state index contributed by atoms with van der Waals surface area (Å²) in [6, 6.07) is -0.868. The number of ether oxygens (including phenoxy) is 1. The molecular formula is C16H28NNaO4. The zero-order valence-corrected chi connectivity index (χ0v) is 15.9. The minimum Gasteiger partial charge on any atom is -0.550 e. The van der Waals surface area contributed by atoms with Crippen LogP contribution in [-0.4, -0.2) is 24.6 Å². The van der Waals surface area contributed by atoms with Crippen LogP contribution in [0.1, 0.15) is 64.2 Å². The van der Waals surface area contributed by atoms with E-state index in [2.05, 4.69) is 6.58 Å². The minimum absolute atomic E-state index is 0. The molecule has 0 heterocycles. The van der Waals surface area contributed by atoms with Gasteiger partial charge in [0.2, 0.25) is 0 Å². The first-order valence-corrected chi connectivity index (χ1v) is 7.81. The zero-order chi connectivity index (χ0) is 15.9. The Labute approximate surface area is 156 Å². The van der Waals surface area contributed by atoms with Crippen LogP contribution in [0.15, 0.2) is 12.7 Å². The predicted octanol–water partition coefficient (Wildman–Crippen LogP) is -1.30. The Morgan fingerprint density at radius 1 is 1.09 bits per heavy atom. The number of unbranched alkanes of at least 4 members (excludes halogenated alkanes) is 7. The second-order valence-electron chi connectivity index (χ2n) is 5.24. The van der Waals surface area contributed by atoms with Gasteiger partial charge >= 0.3 is 35.5 Å². The van der Waals surface area contributed by atoms with E-state index in [9.17, 15) is 14.7 Å². The van der Waals surface area contributed by atoms with Crippen LogP contribution in [0.25, 0.3) is 0 Å². The van der Waals surface area contributed by atoms with Gasteiger partial charge in [0.1, 0.15) is 6.04 Å².